The Kier molecular flexibility index (Phi) is 6.40. The van der Waals surface area contributed by atoms with Gasteiger partial charge in [-0.05, 0) is 50.2 Å². The summed E-state index contributed by atoms with van der Waals surface area (Å²) in [5.74, 6) is -1.13. The van der Waals surface area contributed by atoms with Crippen LogP contribution in [0.5, 0.6) is 0 Å². The number of carboxylic acid groups (broad SMARTS) is 1. The Labute approximate surface area is 171 Å². The first-order chi connectivity index (χ1) is 13.9. The highest BCUT2D eigenvalue weighted by molar-refractivity contribution is 7.99. The number of carboxylic acids is 1. The van der Waals surface area contributed by atoms with Crippen molar-refractivity contribution in [3.63, 3.8) is 0 Å². The molecule has 9 heteroatoms. The van der Waals surface area contributed by atoms with E-state index in [1.54, 1.807) is 35.0 Å². The highest BCUT2D eigenvalue weighted by atomic mass is 32.2. The molecule has 0 radical (unpaired) electrons. The van der Waals surface area contributed by atoms with Crippen LogP contribution in [-0.4, -0.2) is 43.5 Å². The largest absolute Gasteiger partial charge is 0.478 e. The number of hydrogen-bond donors (Lipinski definition) is 2. The molecule has 0 fully saturated rings. The van der Waals surface area contributed by atoms with Crippen molar-refractivity contribution in [2.24, 2.45) is 5.10 Å². The van der Waals surface area contributed by atoms with E-state index in [4.69, 9.17) is 5.11 Å². The number of carbonyl (C=O) groups is 2. The Balaban J connectivity index is 1.61. The zero-order valence-corrected chi connectivity index (χ0v) is 16.7. The molecule has 29 heavy (non-hydrogen) atoms. The zero-order chi connectivity index (χ0) is 20.8. The van der Waals surface area contributed by atoms with Gasteiger partial charge in [0.15, 0.2) is 5.16 Å². The summed E-state index contributed by atoms with van der Waals surface area (Å²) in [6, 6.07) is 12.1. The maximum atomic E-state index is 12.0. The van der Waals surface area contributed by atoms with Gasteiger partial charge in [-0.2, -0.15) is 5.10 Å². The van der Waals surface area contributed by atoms with Gasteiger partial charge in [0, 0.05) is 23.3 Å². The number of benzene rings is 1. The minimum atomic E-state index is -0.994. The van der Waals surface area contributed by atoms with Gasteiger partial charge >= 0.3 is 5.97 Å². The molecule has 8 nitrogen and oxygen atoms in total. The first-order valence-electron chi connectivity index (χ1n) is 8.70. The standard InChI is InChI=1S/C20H19N5O3S/c1-13-9-14(2)23-20(22-13)29-12-18(26)24-21-11-17-7-4-8-25(17)16-6-3-5-15(10-16)19(27)28/h3-11H,12H2,1-2H3,(H,24,26)(H,27,28)/b21-11-. The molecule has 148 valence electrons. The molecule has 0 atom stereocenters. The predicted molar refractivity (Wildman–Crippen MR) is 111 cm³/mol. The summed E-state index contributed by atoms with van der Waals surface area (Å²) in [5, 5.41) is 13.7. The Morgan fingerprint density at radius 2 is 1.93 bits per heavy atom. The van der Waals surface area contributed by atoms with Crippen LogP contribution in [0.15, 0.2) is 58.9 Å². The quantitative estimate of drug-likeness (QED) is 0.269. The van der Waals surface area contributed by atoms with Gasteiger partial charge in [0.05, 0.1) is 23.2 Å². The number of nitrogens with one attached hydrogen (secondary N) is 1. The highest BCUT2D eigenvalue weighted by Crippen LogP contribution is 2.15. The van der Waals surface area contributed by atoms with E-state index in [1.165, 1.54) is 24.0 Å². The molecule has 2 N–H and O–H groups in total. The van der Waals surface area contributed by atoms with Crippen LogP contribution in [0.4, 0.5) is 0 Å². The first-order valence-corrected chi connectivity index (χ1v) is 9.69. The minimum absolute atomic E-state index is 0.141. The molecule has 0 saturated heterocycles. The van der Waals surface area contributed by atoms with E-state index >= 15 is 0 Å². The van der Waals surface area contributed by atoms with Gasteiger partial charge in [-0.25, -0.2) is 20.2 Å². The molecular formula is C20H19N5O3S. The van der Waals surface area contributed by atoms with Crippen LogP contribution in [0, 0.1) is 13.8 Å². The topological polar surface area (TPSA) is 109 Å². The van der Waals surface area contributed by atoms with Crippen molar-refractivity contribution in [2.75, 3.05) is 5.75 Å². The van der Waals surface area contributed by atoms with Gasteiger partial charge in [0.1, 0.15) is 0 Å². The highest BCUT2D eigenvalue weighted by Gasteiger charge is 2.07. The second-order valence-corrected chi connectivity index (χ2v) is 7.12. The van der Waals surface area contributed by atoms with E-state index in [0.717, 1.165) is 11.4 Å². The van der Waals surface area contributed by atoms with Gasteiger partial charge in [0.2, 0.25) is 0 Å². The lowest BCUT2D eigenvalue weighted by molar-refractivity contribution is -0.118. The maximum Gasteiger partial charge on any atom is 0.335 e. The second kappa shape index (κ2) is 9.16. The van der Waals surface area contributed by atoms with Gasteiger partial charge in [-0.3, -0.25) is 4.79 Å². The molecular weight excluding hydrogens is 390 g/mol. The molecule has 3 rings (SSSR count). The Morgan fingerprint density at radius 3 is 2.66 bits per heavy atom. The lowest BCUT2D eigenvalue weighted by atomic mass is 10.2. The molecule has 0 aliphatic heterocycles. The summed E-state index contributed by atoms with van der Waals surface area (Å²) in [4.78, 5) is 31.7. The van der Waals surface area contributed by atoms with E-state index in [9.17, 15) is 9.59 Å². The minimum Gasteiger partial charge on any atom is -0.478 e. The van der Waals surface area contributed by atoms with E-state index in [-0.39, 0.29) is 17.2 Å². The van der Waals surface area contributed by atoms with E-state index < -0.39 is 5.97 Å². The second-order valence-electron chi connectivity index (χ2n) is 6.17. The van der Waals surface area contributed by atoms with Crippen LogP contribution in [0.2, 0.25) is 0 Å². The van der Waals surface area contributed by atoms with Crippen molar-refractivity contribution in [2.45, 2.75) is 19.0 Å². The molecule has 0 saturated carbocycles. The summed E-state index contributed by atoms with van der Waals surface area (Å²) >= 11 is 1.24. The van der Waals surface area contributed by atoms with E-state index in [0.29, 0.717) is 16.5 Å². The van der Waals surface area contributed by atoms with Crippen LogP contribution in [0.25, 0.3) is 5.69 Å². The molecule has 0 spiro atoms. The fraction of sp³-hybridized carbons (Fsp3) is 0.150. The Morgan fingerprint density at radius 1 is 1.17 bits per heavy atom. The third-order valence-electron chi connectivity index (χ3n) is 3.83. The number of hydrogen-bond acceptors (Lipinski definition) is 6. The maximum absolute atomic E-state index is 12.0. The molecule has 1 amide bonds. The molecule has 0 unspecified atom stereocenters. The zero-order valence-electron chi connectivity index (χ0n) is 15.9. The number of aryl methyl sites for hydroxylation is 2. The average molecular weight is 409 g/mol. The van der Waals surface area contributed by atoms with Gasteiger partial charge in [-0.15, -0.1) is 0 Å². The van der Waals surface area contributed by atoms with Gasteiger partial charge < -0.3 is 9.67 Å². The van der Waals surface area contributed by atoms with Crippen LogP contribution in [0.1, 0.15) is 27.4 Å². The van der Waals surface area contributed by atoms with Gasteiger partial charge in [0.25, 0.3) is 5.91 Å². The van der Waals surface area contributed by atoms with Crippen molar-refractivity contribution in [3.8, 4) is 5.69 Å². The third-order valence-corrected chi connectivity index (χ3v) is 4.68. The Bertz CT molecular complexity index is 1060. The summed E-state index contributed by atoms with van der Waals surface area (Å²) in [7, 11) is 0. The number of thioether (sulfide) groups is 1. The first kappa shape index (κ1) is 20.3. The molecule has 2 heterocycles. The number of carbonyl (C=O) groups excluding carboxylic acids is 1. The summed E-state index contributed by atoms with van der Waals surface area (Å²) in [6.45, 7) is 3.76. The molecule has 2 aromatic heterocycles. The van der Waals surface area contributed by atoms with E-state index in [2.05, 4.69) is 20.5 Å². The number of hydrazone groups is 1. The van der Waals surface area contributed by atoms with Gasteiger partial charge in [-0.1, -0.05) is 17.8 Å². The van der Waals surface area contributed by atoms with Crippen molar-refractivity contribution in [3.05, 3.63) is 71.3 Å². The lowest BCUT2D eigenvalue weighted by Gasteiger charge is -2.07. The number of aromatic carboxylic acids is 1. The Hall–Kier alpha value is -3.46. The van der Waals surface area contributed by atoms with Crippen molar-refractivity contribution in [1.29, 1.82) is 0 Å². The van der Waals surface area contributed by atoms with Crippen LogP contribution in [-0.2, 0) is 4.79 Å². The number of nitrogens with zero attached hydrogens (tertiary/aromatic N) is 4. The number of aromatic nitrogens is 3. The third kappa shape index (κ3) is 5.52. The van der Waals surface area contributed by atoms with E-state index in [1.807, 2.05) is 26.0 Å². The lowest BCUT2D eigenvalue weighted by Crippen LogP contribution is -2.20. The summed E-state index contributed by atoms with van der Waals surface area (Å²) in [6.07, 6.45) is 3.29. The fourth-order valence-corrected chi connectivity index (χ4v) is 3.36. The number of amides is 1. The summed E-state index contributed by atoms with van der Waals surface area (Å²) in [5.41, 5.74) is 5.75. The smallest absolute Gasteiger partial charge is 0.335 e. The molecule has 1 aromatic carbocycles. The number of rotatable bonds is 7. The fourth-order valence-electron chi connectivity index (χ4n) is 2.61. The molecule has 3 aromatic rings. The molecule has 0 bridgehead atoms. The van der Waals surface area contributed by atoms with Crippen molar-refractivity contribution >= 4 is 29.9 Å². The van der Waals surface area contributed by atoms with Crippen LogP contribution in [0.3, 0.4) is 0 Å². The predicted octanol–water partition coefficient (Wildman–Crippen LogP) is 2.82. The normalized spacial score (nSPS) is 11.0. The van der Waals surface area contributed by atoms with Crippen molar-refractivity contribution < 1.29 is 14.7 Å². The molecule has 0 aliphatic rings. The monoisotopic (exact) mass is 409 g/mol. The van der Waals surface area contributed by atoms with Crippen molar-refractivity contribution in [1.82, 2.24) is 20.0 Å². The summed E-state index contributed by atoms with van der Waals surface area (Å²) < 4.78 is 1.78. The average Bonchev–Trinajstić information content (AvgIpc) is 3.14. The molecule has 0 aliphatic carbocycles. The van der Waals surface area contributed by atoms with Crippen LogP contribution < -0.4 is 5.43 Å². The SMILES string of the molecule is Cc1cc(C)nc(SCC(=O)N/N=C\c2cccn2-c2cccc(C(=O)O)c2)n1. The van der Waals surface area contributed by atoms with Crippen LogP contribution >= 0.6 is 11.8 Å².